The minimum Gasteiger partial charge on any atom is -0.491 e. The predicted molar refractivity (Wildman–Crippen MR) is 114 cm³/mol. The van der Waals surface area contributed by atoms with Gasteiger partial charge in [-0.15, -0.1) is 11.8 Å². The number of aromatic nitrogens is 1. The third kappa shape index (κ3) is 4.49. The molecule has 0 amide bonds. The average Bonchev–Trinajstić information content (AvgIpc) is 2.74. The number of pyridine rings is 1. The molecule has 1 aromatic heterocycles. The van der Waals surface area contributed by atoms with Crippen molar-refractivity contribution in [2.24, 2.45) is 5.92 Å². The molecule has 7 nitrogen and oxygen atoms in total. The van der Waals surface area contributed by atoms with Gasteiger partial charge in [0.1, 0.15) is 40.9 Å². The molecule has 2 fully saturated rings. The van der Waals surface area contributed by atoms with E-state index in [0.29, 0.717) is 46.8 Å². The van der Waals surface area contributed by atoms with Gasteiger partial charge in [-0.05, 0) is 17.7 Å². The Morgan fingerprint density at radius 1 is 1.19 bits per heavy atom. The second kappa shape index (κ2) is 9.29. The predicted octanol–water partition coefficient (Wildman–Crippen LogP) is 3.06. The first-order chi connectivity index (χ1) is 15.5. The lowest BCUT2D eigenvalue weighted by atomic mass is 9.95. The summed E-state index contributed by atoms with van der Waals surface area (Å²) in [5, 5.41) is 29.2. The first-order valence-electron chi connectivity index (χ1n) is 10.0. The van der Waals surface area contributed by atoms with Crippen LogP contribution in [-0.4, -0.2) is 61.3 Å². The highest BCUT2D eigenvalue weighted by atomic mass is 32.2. The summed E-state index contributed by atoms with van der Waals surface area (Å²) in [6, 6.07) is 11.0. The topological polar surface area (TPSA) is 102 Å². The maximum atomic E-state index is 13.6. The normalized spacial score (nSPS) is 17.1. The van der Waals surface area contributed by atoms with Crippen LogP contribution in [0.25, 0.3) is 11.1 Å². The van der Waals surface area contributed by atoms with E-state index in [2.05, 4.69) is 17.1 Å². The van der Waals surface area contributed by atoms with Gasteiger partial charge in [0.05, 0.1) is 38.5 Å². The van der Waals surface area contributed by atoms with Crippen LogP contribution in [0, 0.1) is 28.6 Å². The molecule has 4 rings (SSSR count). The first kappa shape index (κ1) is 22.3. The highest BCUT2D eigenvalue weighted by Crippen LogP contribution is 2.41. The summed E-state index contributed by atoms with van der Waals surface area (Å²) in [4.78, 5) is 5.87. The zero-order valence-electron chi connectivity index (χ0n) is 17.1. The number of nitrogens with zero attached hydrogens (tertiary/aromatic N) is 4. The molecule has 2 aromatic rings. The number of halogens is 2. The van der Waals surface area contributed by atoms with E-state index in [-0.39, 0.29) is 30.2 Å². The Morgan fingerprint density at radius 2 is 1.88 bits per heavy atom. The zero-order chi connectivity index (χ0) is 22.7. The quantitative estimate of drug-likeness (QED) is 0.602. The number of aliphatic hydroxyl groups is 1. The van der Waals surface area contributed by atoms with Crippen LogP contribution in [0.1, 0.15) is 11.1 Å². The summed E-state index contributed by atoms with van der Waals surface area (Å²) < 4.78 is 37.7. The van der Waals surface area contributed by atoms with Crippen molar-refractivity contribution in [1.29, 1.82) is 10.5 Å². The van der Waals surface area contributed by atoms with Crippen molar-refractivity contribution in [2.75, 3.05) is 50.2 Å². The Hall–Kier alpha value is -2.92. The van der Waals surface area contributed by atoms with E-state index in [9.17, 15) is 19.3 Å². The minimum absolute atomic E-state index is 0.0948. The van der Waals surface area contributed by atoms with Crippen LogP contribution in [0.15, 0.2) is 29.3 Å². The molecule has 2 aliphatic rings. The van der Waals surface area contributed by atoms with E-state index in [0.717, 1.165) is 0 Å². The van der Waals surface area contributed by atoms with Gasteiger partial charge in [-0.25, -0.2) is 13.8 Å². The number of alkyl halides is 2. The van der Waals surface area contributed by atoms with Crippen LogP contribution in [0.5, 0.6) is 5.75 Å². The van der Waals surface area contributed by atoms with Crippen molar-refractivity contribution in [2.45, 2.75) is 10.9 Å². The molecule has 0 aliphatic carbocycles. The lowest BCUT2D eigenvalue weighted by molar-refractivity contribution is -0.0267. The van der Waals surface area contributed by atoms with E-state index in [1.807, 2.05) is 0 Å². The van der Waals surface area contributed by atoms with E-state index in [4.69, 9.17) is 14.6 Å². The monoisotopic (exact) mass is 458 g/mol. The molecule has 0 unspecified atom stereocenters. The number of rotatable bonds is 8. The number of ether oxygens (including phenoxy) is 2. The Labute approximate surface area is 188 Å². The SMILES string of the molecule is N#Cc1c(SCC2COC2)nc(N2CC(F)(F)C2)c(C#N)c1-c1ccc(OCCO)cc1. The molecule has 0 radical (unpaired) electrons. The Bertz CT molecular complexity index is 1070. The number of hydrogen-bond acceptors (Lipinski definition) is 8. The number of thioether (sulfide) groups is 1. The smallest absolute Gasteiger partial charge is 0.282 e. The van der Waals surface area contributed by atoms with Crippen molar-refractivity contribution < 1.29 is 23.4 Å². The lowest BCUT2D eigenvalue weighted by Gasteiger charge is -2.40. The highest BCUT2D eigenvalue weighted by molar-refractivity contribution is 7.99. The summed E-state index contributed by atoms with van der Waals surface area (Å²) in [5.41, 5.74) is 1.29. The third-order valence-electron chi connectivity index (χ3n) is 5.18. The number of hydrogen-bond donors (Lipinski definition) is 1. The number of benzene rings is 1. The molecular formula is C22H20F2N4O3S. The van der Waals surface area contributed by atoms with Crippen LogP contribution in [-0.2, 0) is 4.74 Å². The fourth-order valence-electron chi connectivity index (χ4n) is 3.50. The largest absolute Gasteiger partial charge is 0.491 e. The summed E-state index contributed by atoms with van der Waals surface area (Å²) in [6.07, 6.45) is 0. The maximum absolute atomic E-state index is 13.6. The number of aliphatic hydroxyl groups excluding tert-OH is 1. The van der Waals surface area contributed by atoms with Gasteiger partial charge in [0.2, 0.25) is 0 Å². The molecule has 2 saturated heterocycles. The molecule has 32 heavy (non-hydrogen) atoms. The van der Waals surface area contributed by atoms with Gasteiger partial charge < -0.3 is 19.5 Å². The second-order valence-corrected chi connectivity index (χ2v) is 8.62. The molecule has 1 aromatic carbocycles. The van der Waals surface area contributed by atoms with Crippen LogP contribution in [0.4, 0.5) is 14.6 Å². The van der Waals surface area contributed by atoms with Gasteiger partial charge in [0.25, 0.3) is 5.92 Å². The fourth-order valence-corrected chi connectivity index (χ4v) is 4.53. The highest BCUT2D eigenvalue weighted by Gasteiger charge is 2.46. The van der Waals surface area contributed by atoms with E-state index >= 15 is 0 Å². The third-order valence-corrected chi connectivity index (χ3v) is 6.39. The number of nitriles is 2. The van der Waals surface area contributed by atoms with Crippen LogP contribution in [0.2, 0.25) is 0 Å². The molecule has 0 saturated carbocycles. The summed E-state index contributed by atoms with van der Waals surface area (Å²) in [7, 11) is 0. The molecule has 0 atom stereocenters. The van der Waals surface area contributed by atoms with Gasteiger partial charge in [-0.1, -0.05) is 12.1 Å². The fraction of sp³-hybridized carbons (Fsp3) is 0.409. The van der Waals surface area contributed by atoms with Crippen molar-refractivity contribution in [3.05, 3.63) is 35.4 Å². The molecule has 10 heteroatoms. The first-order valence-corrected chi connectivity index (χ1v) is 11.0. The van der Waals surface area contributed by atoms with E-state index < -0.39 is 19.0 Å². The van der Waals surface area contributed by atoms with Gasteiger partial charge in [0, 0.05) is 17.2 Å². The minimum atomic E-state index is -2.83. The van der Waals surface area contributed by atoms with Crippen LogP contribution in [0.3, 0.4) is 0 Å². The standard InChI is InChI=1S/C22H20F2N4O3S/c23-22(24)12-28(13-22)20-17(7-25)19(15-1-3-16(4-2-15)31-6-5-29)18(8-26)21(27-20)32-11-14-9-30-10-14/h1-4,14,29H,5-6,9-13H2. The zero-order valence-corrected chi connectivity index (χ0v) is 17.9. The van der Waals surface area contributed by atoms with Gasteiger partial charge in [-0.2, -0.15) is 10.5 Å². The van der Waals surface area contributed by atoms with Gasteiger partial charge >= 0.3 is 0 Å². The van der Waals surface area contributed by atoms with Crippen molar-refractivity contribution in [3.63, 3.8) is 0 Å². The molecular weight excluding hydrogens is 438 g/mol. The number of anilines is 1. The van der Waals surface area contributed by atoms with Crippen molar-refractivity contribution >= 4 is 17.6 Å². The van der Waals surface area contributed by atoms with Crippen molar-refractivity contribution in [3.8, 4) is 29.0 Å². The van der Waals surface area contributed by atoms with E-state index in [1.165, 1.54) is 16.7 Å². The Kier molecular flexibility index (Phi) is 6.47. The molecule has 3 heterocycles. The Balaban J connectivity index is 1.78. The van der Waals surface area contributed by atoms with Crippen LogP contribution >= 0.6 is 11.8 Å². The average molecular weight is 458 g/mol. The molecule has 1 N–H and O–H groups in total. The van der Waals surface area contributed by atoms with Gasteiger partial charge in [-0.3, -0.25) is 0 Å². The second-order valence-electron chi connectivity index (χ2n) is 7.61. The Morgan fingerprint density at radius 3 is 2.41 bits per heavy atom. The molecule has 0 spiro atoms. The summed E-state index contributed by atoms with van der Waals surface area (Å²) >= 11 is 1.37. The molecule has 0 bridgehead atoms. The lowest BCUT2D eigenvalue weighted by Crippen LogP contribution is -2.57. The van der Waals surface area contributed by atoms with E-state index in [1.54, 1.807) is 24.3 Å². The summed E-state index contributed by atoms with van der Waals surface area (Å²) in [6.45, 7) is 0.250. The molecule has 166 valence electrons. The summed E-state index contributed by atoms with van der Waals surface area (Å²) in [5.74, 6) is -1.12. The van der Waals surface area contributed by atoms with Crippen LogP contribution < -0.4 is 9.64 Å². The van der Waals surface area contributed by atoms with Crippen molar-refractivity contribution in [1.82, 2.24) is 4.98 Å². The maximum Gasteiger partial charge on any atom is 0.282 e. The molecule has 2 aliphatic heterocycles. The van der Waals surface area contributed by atoms with Gasteiger partial charge in [0.15, 0.2) is 0 Å².